The smallest absolute Gasteiger partial charge is 0.272 e. The Morgan fingerprint density at radius 1 is 1.29 bits per heavy atom. The lowest BCUT2D eigenvalue weighted by molar-refractivity contribution is 0.0729. The van der Waals surface area contributed by atoms with Gasteiger partial charge in [0.2, 0.25) is 0 Å². The van der Waals surface area contributed by atoms with E-state index in [1.165, 1.54) is 11.8 Å². The van der Waals surface area contributed by atoms with Crippen molar-refractivity contribution in [3.63, 3.8) is 0 Å². The van der Waals surface area contributed by atoms with Crippen molar-refractivity contribution in [2.24, 2.45) is 0 Å². The van der Waals surface area contributed by atoms with E-state index in [2.05, 4.69) is 4.98 Å². The predicted octanol–water partition coefficient (Wildman–Crippen LogP) is 1.73. The van der Waals surface area contributed by atoms with Gasteiger partial charge in [-0.25, -0.2) is 4.98 Å². The summed E-state index contributed by atoms with van der Waals surface area (Å²) in [7, 11) is 0. The number of hydrogen-bond donors (Lipinski definition) is 1. The summed E-state index contributed by atoms with van der Waals surface area (Å²) in [6.45, 7) is 1.21. The maximum Gasteiger partial charge on any atom is 0.272 e. The second-order valence-corrected chi connectivity index (χ2v) is 5.05. The molecule has 3 rings (SSSR count). The molecule has 0 fully saturated rings. The summed E-state index contributed by atoms with van der Waals surface area (Å²) in [5.74, 6) is -0.118. The second kappa shape index (κ2) is 5.25. The van der Waals surface area contributed by atoms with Gasteiger partial charge in [0.1, 0.15) is 11.8 Å². The van der Waals surface area contributed by atoms with Gasteiger partial charge in [-0.1, -0.05) is 6.07 Å². The van der Waals surface area contributed by atoms with Crippen molar-refractivity contribution >= 4 is 11.6 Å². The molecule has 5 heteroatoms. The van der Waals surface area contributed by atoms with E-state index in [0.29, 0.717) is 30.0 Å². The molecule has 2 aromatic rings. The van der Waals surface area contributed by atoms with Gasteiger partial charge in [0, 0.05) is 25.0 Å². The lowest BCUT2D eigenvalue weighted by Gasteiger charge is -2.28. The molecule has 2 N–H and O–H groups in total. The van der Waals surface area contributed by atoms with Gasteiger partial charge in [0.15, 0.2) is 0 Å². The molecule has 0 unspecified atom stereocenters. The van der Waals surface area contributed by atoms with Crippen molar-refractivity contribution < 1.29 is 4.79 Å². The van der Waals surface area contributed by atoms with Crippen molar-refractivity contribution in [1.82, 2.24) is 9.88 Å². The van der Waals surface area contributed by atoms with Crippen LogP contribution in [0.3, 0.4) is 0 Å². The third-order valence-corrected chi connectivity index (χ3v) is 3.64. The largest absolute Gasteiger partial charge is 0.399 e. The van der Waals surface area contributed by atoms with Crippen LogP contribution >= 0.6 is 0 Å². The lowest BCUT2D eigenvalue weighted by atomic mass is 9.99. The number of pyridine rings is 1. The highest BCUT2D eigenvalue weighted by Crippen LogP contribution is 2.22. The fourth-order valence-corrected chi connectivity index (χ4v) is 2.50. The fourth-order valence-electron chi connectivity index (χ4n) is 2.50. The SMILES string of the molecule is N#Cc1ccc(C(=O)N2CCc3ccc(N)cc3C2)nc1. The molecule has 0 spiro atoms. The first-order valence-electron chi connectivity index (χ1n) is 6.70. The molecule has 5 nitrogen and oxygen atoms in total. The monoisotopic (exact) mass is 278 g/mol. The van der Waals surface area contributed by atoms with E-state index < -0.39 is 0 Å². The number of benzene rings is 1. The van der Waals surface area contributed by atoms with Gasteiger partial charge in [-0.15, -0.1) is 0 Å². The number of nitriles is 1. The summed E-state index contributed by atoms with van der Waals surface area (Å²) in [6.07, 6.45) is 2.24. The Bertz CT molecular complexity index is 731. The van der Waals surface area contributed by atoms with Gasteiger partial charge >= 0.3 is 0 Å². The number of hydrogen-bond acceptors (Lipinski definition) is 4. The van der Waals surface area contributed by atoms with E-state index in [9.17, 15) is 4.79 Å². The van der Waals surface area contributed by atoms with Gasteiger partial charge in [0.05, 0.1) is 5.56 Å². The first-order chi connectivity index (χ1) is 10.2. The highest BCUT2D eigenvalue weighted by molar-refractivity contribution is 5.92. The zero-order valence-corrected chi connectivity index (χ0v) is 11.4. The number of carbonyl (C=O) groups is 1. The summed E-state index contributed by atoms with van der Waals surface area (Å²) in [5.41, 5.74) is 9.64. The van der Waals surface area contributed by atoms with Gasteiger partial charge in [-0.05, 0) is 41.8 Å². The number of fused-ring (bicyclic) bond motifs is 1. The van der Waals surface area contributed by atoms with Crippen LogP contribution in [0.1, 0.15) is 27.2 Å². The maximum atomic E-state index is 12.4. The zero-order chi connectivity index (χ0) is 14.8. The Kier molecular flexibility index (Phi) is 3.28. The number of rotatable bonds is 1. The maximum absolute atomic E-state index is 12.4. The topological polar surface area (TPSA) is 83.0 Å². The standard InChI is InChI=1S/C16H14N4O/c17-8-11-1-4-15(19-9-11)16(21)20-6-5-12-2-3-14(18)7-13(12)10-20/h1-4,7,9H,5-6,10,18H2. The second-order valence-electron chi connectivity index (χ2n) is 5.05. The molecule has 1 amide bonds. The Morgan fingerprint density at radius 2 is 2.14 bits per heavy atom. The Labute approximate surface area is 122 Å². The highest BCUT2D eigenvalue weighted by Gasteiger charge is 2.22. The van der Waals surface area contributed by atoms with E-state index in [4.69, 9.17) is 11.0 Å². The van der Waals surface area contributed by atoms with Gasteiger partial charge in [-0.2, -0.15) is 5.26 Å². The van der Waals surface area contributed by atoms with Crippen LogP contribution in [0.25, 0.3) is 0 Å². The van der Waals surface area contributed by atoms with Crippen LogP contribution in [-0.2, 0) is 13.0 Å². The third-order valence-electron chi connectivity index (χ3n) is 3.64. The lowest BCUT2D eigenvalue weighted by Crippen LogP contribution is -2.36. The van der Waals surface area contributed by atoms with E-state index in [1.807, 2.05) is 24.3 Å². The van der Waals surface area contributed by atoms with Crippen LogP contribution < -0.4 is 5.73 Å². The quantitative estimate of drug-likeness (QED) is 0.805. The number of nitrogen functional groups attached to an aromatic ring is 1. The van der Waals surface area contributed by atoms with Crippen molar-refractivity contribution in [2.75, 3.05) is 12.3 Å². The Balaban J connectivity index is 1.81. The summed E-state index contributed by atoms with van der Waals surface area (Å²) >= 11 is 0. The van der Waals surface area contributed by atoms with Crippen LogP contribution in [0.4, 0.5) is 5.69 Å². The molecule has 0 bridgehead atoms. The molecule has 2 heterocycles. The van der Waals surface area contributed by atoms with Crippen LogP contribution in [0.15, 0.2) is 36.5 Å². The number of nitrogens with two attached hydrogens (primary N) is 1. The number of anilines is 1. The average Bonchev–Trinajstić information content (AvgIpc) is 2.53. The van der Waals surface area contributed by atoms with Crippen LogP contribution in [-0.4, -0.2) is 22.3 Å². The Morgan fingerprint density at radius 3 is 2.86 bits per heavy atom. The first kappa shape index (κ1) is 13.1. The van der Waals surface area contributed by atoms with Gasteiger partial charge in [0.25, 0.3) is 5.91 Å². The molecule has 1 aliphatic rings. The number of nitrogens with zero attached hydrogens (tertiary/aromatic N) is 3. The van der Waals surface area contributed by atoms with Gasteiger partial charge in [-0.3, -0.25) is 4.79 Å². The number of carbonyl (C=O) groups excluding carboxylic acids is 1. The molecule has 0 saturated carbocycles. The molecule has 1 aliphatic heterocycles. The summed E-state index contributed by atoms with van der Waals surface area (Å²) in [6, 6.07) is 11.0. The summed E-state index contributed by atoms with van der Waals surface area (Å²) in [4.78, 5) is 18.3. The average molecular weight is 278 g/mol. The minimum Gasteiger partial charge on any atom is -0.399 e. The predicted molar refractivity (Wildman–Crippen MR) is 78.3 cm³/mol. The van der Waals surface area contributed by atoms with Gasteiger partial charge < -0.3 is 10.6 Å². The van der Waals surface area contributed by atoms with Crippen LogP contribution in [0.2, 0.25) is 0 Å². The fraction of sp³-hybridized carbons (Fsp3) is 0.188. The van der Waals surface area contributed by atoms with Crippen LogP contribution in [0, 0.1) is 11.3 Å². The van der Waals surface area contributed by atoms with Crippen molar-refractivity contribution in [1.29, 1.82) is 5.26 Å². The number of amides is 1. The van der Waals surface area contributed by atoms with Crippen LogP contribution in [0.5, 0.6) is 0 Å². The molecule has 104 valence electrons. The summed E-state index contributed by atoms with van der Waals surface area (Å²) < 4.78 is 0. The van der Waals surface area contributed by atoms with E-state index in [0.717, 1.165) is 12.0 Å². The molecular formula is C16H14N4O. The first-order valence-corrected chi connectivity index (χ1v) is 6.70. The molecule has 1 aromatic carbocycles. The minimum atomic E-state index is -0.118. The molecule has 0 saturated heterocycles. The van der Waals surface area contributed by atoms with E-state index in [-0.39, 0.29) is 5.91 Å². The minimum absolute atomic E-state index is 0.118. The number of aromatic nitrogens is 1. The van der Waals surface area contributed by atoms with E-state index in [1.54, 1.807) is 17.0 Å². The van der Waals surface area contributed by atoms with Crippen molar-refractivity contribution in [3.05, 3.63) is 58.9 Å². The highest BCUT2D eigenvalue weighted by atomic mass is 16.2. The molecule has 21 heavy (non-hydrogen) atoms. The molecule has 0 radical (unpaired) electrons. The molecular weight excluding hydrogens is 264 g/mol. The Hall–Kier alpha value is -2.87. The molecule has 0 atom stereocenters. The summed E-state index contributed by atoms with van der Waals surface area (Å²) in [5, 5.41) is 8.75. The van der Waals surface area contributed by atoms with E-state index >= 15 is 0 Å². The zero-order valence-electron chi connectivity index (χ0n) is 11.4. The van der Waals surface area contributed by atoms with Crippen molar-refractivity contribution in [2.45, 2.75) is 13.0 Å². The third kappa shape index (κ3) is 2.56. The molecule has 0 aliphatic carbocycles. The van der Waals surface area contributed by atoms with Crippen molar-refractivity contribution in [3.8, 4) is 6.07 Å². The molecule has 1 aromatic heterocycles. The normalized spacial score (nSPS) is 13.4.